The largest absolute Gasteiger partial charge is 0.448 e. The lowest BCUT2D eigenvalue weighted by molar-refractivity contribution is 0.0937. The zero-order valence-corrected chi connectivity index (χ0v) is 12.1. The molecule has 2 aromatic rings. The molecule has 112 valence electrons. The number of benzene rings is 2. The van der Waals surface area contributed by atoms with Crippen molar-refractivity contribution in [3.63, 3.8) is 0 Å². The van der Waals surface area contributed by atoms with E-state index in [0.717, 1.165) is 5.56 Å². The van der Waals surface area contributed by atoms with E-state index in [0.29, 0.717) is 18.7 Å². The topological polar surface area (TPSA) is 46.6 Å². The van der Waals surface area contributed by atoms with E-state index in [9.17, 15) is 9.59 Å². The molecule has 1 unspecified atom stereocenters. The number of carbonyl (C=O) groups is 2. The Morgan fingerprint density at radius 2 is 1.68 bits per heavy atom. The van der Waals surface area contributed by atoms with Crippen LogP contribution in [-0.4, -0.2) is 29.9 Å². The first-order valence-electron chi connectivity index (χ1n) is 7.32. The Hall–Kier alpha value is -2.62. The normalized spacial score (nSPS) is 15.5. The molecule has 1 fully saturated rings. The van der Waals surface area contributed by atoms with Crippen LogP contribution in [0.25, 0.3) is 0 Å². The highest BCUT2D eigenvalue weighted by atomic mass is 16.6. The highest BCUT2D eigenvalue weighted by Gasteiger charge is 2.32. The molecule has 1 amide bonds. The first kappa shape index (κ1) is 14.3. The number of rotatable bonds is 5. The van der Waals surface area contributed by atoms with Gasteiger partial charge in [0.05, 0.1) is 12.6 Å². The van der Waals surface area contributed by atoms with Crippen LogP contribution in [0.1, 0.15) is 28.4 Å². The van der Waals surface area contributed by atoms with Crippen molar-refractivity contribution in [3.8, 4) is 0 Å². The van der Waals surface area contributed by atoms with Gasteiger partial charge in [0.1, 0.15) is 6.61 Å². The molecular formula is C18H17NO3. The summed E-state index contributed by atoms with van der Waals surface area (Å²) in [5.74, 6) is 0.0224. The summed E-state index contributed by atoms with van der Waals surface area (Å²) in [5.41, 5.74) is 1.61. The van der Waals surface area contributed by atoms with Crippen LogP contribution < -0.4 is 0 Å². The molecule has 0 saturated carbocycles. The summed E-state index contributed by atoms with van der Waals surface area (Å²) < 4.78 is 5.03. The fraction of sp³-hybridized carbons (Fsp3) is 0.222. The first-order chi connectivity index (χ1) is 10.8. The van der Waals surface area contributed by atoms with Gasteiger partial charge in [-0.2, -0.15) is 0 Å². The van der Waals surface area contributed by atoms with E-state index in [2.05, 4.69) is 0 Å². The van der Waals surface area contributed by atoms with E-state index >= 15 is 0 Å². The van der Waals surface area contributed by atoms with Crippen molar-refractivity contribution in [2.24, 2.45) is 0 Å². The molecule has 1 atom stereocenters. The third-order valence-corrected chi connectivity index (χ3v) is 3.83. The van der Waals surface area contributed by atoms with E-state index in [-0.39, 0.29) is 24.3 Å². The molecule has 0 bridgehead atoms. The zero-order valence-electron chi connectivity index (χ0n) is 12.1. The average molecular weight is 295 g/mol. The molecule has 0 spiro atoms. The Morgan fingerprint density at radius 1 is 1.05 bits per heavy atom. The van der Waals surface area contributed by atoms with Crippen LogP contribution in [0.2, 0.25) is 0 Å². The van der Waals surface area contributed by atoms with Gasteiger partial charge >= 0.3 is 6.09 Å². The summed E-state index contributed by atoms with van der Waals surface area (Å²) in [4.78, 5) is 26.0. The predicted molar refractivity (Wildman–Crippen MR) is 82.6 cm³/mol. The number of carbonyl (C=O) groups excluding carboxylic acids is 2. The molecule has 1 aliphatic heterocycles. The molecule has 0 aromatic heterocycles. The second kappa shape index (κ2) is 6.43. The molecule has 3 rings (SSSR count). The highest BCUT2D eigenvalue weighted by Crippen LogP contribution is 2.28. The van der Waals surface area contributed by atoms with Gasteiger partial charge in [0.2, 0.25) is 0 Å². The van der Waals surface area contributed by atoms with Gasteiger partial charge in [-0.15, -0.1) is 0 Å². The summed E-state index contributed by atoms with van der Waals surface area (Å²) in [5, 5.41) is 0. The van der Waals surface area contributed by atoms with Crippen molar-refractivity contribution in [1.82, 2.24) is 4.90 Å². The first-order valence-corrected chi connectivity index (χ1v) is 7.32. The predicted octanol–water partition coefficient (Wildman–Crippen LogP) is 3.45. The number of Topliss-reactive ketones (excluding diaryl/α,β-unsaturated/α-hetero) is 1. The molecule has 22 heavy (non-hydrogen) atoms. The quantitative estimate of drug-likeness (QED) is 0.794. The highest BCUT2D eigenvalue weighted by molar-refractivity contribution is 5.96. The number of hydrogen-bond donors (Lipinski definition) is 0. The summed E-state index contributed by atoms with van der Waals surface area (Å²) in [6.07, 6.45) is -0.0990. The van der Waals surface area contributed by atoms with Gasteiger partial charge in [-0.3, -0.25) is 9.69 Å². The Morgan fingerprint density at radius 3 is 2.27 bits per heavy atom. The fourth-order valence-electron chi connectivity index (χ4n) is 2.69. The van der Waals surface area contributed by atoms with Crippen LogP contribution in [0.5, 0.6) is 0 Å². The van der Waals surface area contributed by atoms with Crippen LogP contribution >= 0.6 is 0 Å². The number of amides is 1. The minimum absolute atomic E-state index is 0.0224. The lowest BCUT2D eigenvalue weighted by Gasteiger charge is -2.25. The molecule has 0 radical (unpaired) electrons. The minimum Gasteiger partial charge on any atom is -0.448 e. The monoisotopic (exact) mass is 295 g/mol. The number of hydrogen-bond acceptors (Lipinski definition) is 3. The van der Waals surface area contributed by atoms with Gasteiger partial charge in [-0.05, 0) is 5.56 Å². The molecule has 1 saturated heterocycles. The van der Waals surface area contributed by atoms with Crippen LogP contribution in [0, 0.1) is 0 Å². The second-order valence-electron chi connectivity index (χ2n) is 5.23. The van der Waals surface area contributed by atoms with Crippen molar-refractivity contribution in [2.45, 2.75) is 12.5 Å². The summed E-state index contributed by atoms with van der Waals surface area (Å²) in [6.45, 7) is 0.891. The van der Waals surface area contributed by atoms with Gasteiger partial charge in [-0.1, -0.05) is 60.7 Å². The lowest BCUT2D eigenvalue weighted by atomic mass is 9.97. The van der Waals surface area contributed by atoms with E-state index in [4.69, 9.17) is 4.74 Å². The van der Waals surface area contributed by atoms with Crippen molar-refractivity contribution < 1.29 is 14.3 Å². The number of ether oxygens (including phenoxy) is 1. The van der Waals surface area contributed by atoms with Gasteiger partial charge in [0.15, 0.2) is 5.78 Å². The average Bonchev–Trinajstić information content (AvgIpc) is 3.00. The van der Waals surface area contributed by atoms with Crippen LogP contribution in [0.15, 0.2) is 60.7 Å². The van der Waals surface area contributed by atoms with Crippen molar-refractivity contribution in [2.75, 3.05) is 13.2 Å². The fourth-order valence-corrected chi connectivity index (χ4v) is 2.69. The minimum atomic E-state index is -0.352. The number of ketones is 1. The maximum absolute atomic E-state index is 12.5. The summed E-state index contributed by atoms with van der Waals surface area (Å²) >= 11 is 0. The van der Waals surface area contributed by atoms with Crippen molar-refractivity contribution in [1.29, 1.82) is 0 Å². The SMILES string of the molecule is O=C(CC(c1ccccc1)N1CCOC1=O)c1ccccc1. The third kappa shape index (κ3) is 3.01. The Balaban J connectivity index is 1.86. The second-order valence-corrected chi connectivity index (χ2v) is 5.23. The molecule has 0 N–H and O–H groups in total. The summed E-state index contributed by atoms with van der Waals surface area (Å²) in [6, 6.07) is 18.5. The molecule has 4 heteroatoms. The van der Waals surface area contributed by atoms with Crippen LogP contribution in [-0.2, 0) is 4.74 Å². The standard InChI is InChI=1S/C18H17NO3/c20-17(15-9-5-2-6-10-15)13-16(14-7-3-1-4-8-14)19-11-12-22-18(19)21/h1-10,16H,11-13H2. The molecule has 1 heterocycles. The Kier molecular flexibility index (Phi) is 4.19. The van der Waals surface area contributed by atoms with Gasteiger partial charge < -0.3 is 4.74 Å². The Labute approximate surface area is 129 Å². The van der Waals surface area contributed by atoms with Gasteiger partial charge in [-0.25, -0.2) is 4.79 Å². The smallest absolute Gasteiger partial charge is 0.410 e. The maximum atomic E-state index is 12.5. The molecule has 1 aliphatic rings. The molecule has 2 aromatic carbocycles. The van der Waals surface area contributed by atoms with E-state index in [1.165, 1.54) is 0 Å². The van der Waals surface area contributed by atoms with E-state index in [1.54, 1.807) is 17.0 Å². The van der Waals surface area contributed by atoms with Crippen LogP contribution in [0.4, 0.5) is 4.79 Å². The summed E-state index contributed by atoms with van der Waals surface area (Å²) in [7, 11) is 0. The van der Waals surface area contributed by atoms with E-state index in [1.807, 2.05) is 48.5 Å². The van der Waals surface area contributed by atoms with E-state index < -0.39 is 0 Å². The Bertz CT molecular complexity index is 655. The molecule has 4 nitrogen and oxygen atoms in total. The zero-order chi connectivity index (χ0) is 15.4. The molecule has 0 aliphatic carbocycles. The maximum Gasteiger partial charge on any atom is 0.410 e. The number of cyclic esters (lactones) is 1. The van der Waals surface area contributed by atoms with Crippen molar-refractivity contribution >= 4 is 11.9 Å². The number of nitrogens with zero attached hydrogens (tertiary/aromatic N) is 1. The van der Waals surface area contributed by atoms with Crippen molar-refractivity contribution in [3.05, 3.63) is 71.8 Å². The van der Waals surface area contributed by atoms with Gasteiger partial charge in [0.25, 0.3) is 0 Å². The molecular weight excluding hydrogens is 278 g/mol. The third-order valence-electron chi connectivity index (χ3n) is 3.83. The lowest BCUT2D eigenvalue weighted by Crippen LogP contribution is -2.31. The van der Waals surface area contributed by atoms with Crippen LogP contribution in [0.3, 0.4) is 0 Å². The van der Waals surface area contributed by atoms with Gasteiger partial charge in [0, 0.05) is 12.0 Å².